The average Bonchev–Trinajstić information content (AvgIpc) is 3.16. The molecule has 2 heterocycles. The highest BCUT2D eigenvalue weighted by molar-refractivity contribution is 6.44. The fraction of sp³-hybridized carbons (Fsp3) is 0.556. The lowest BCUT2D eigenvalue weighted by Gasteiger charge is -2.45. The molecule has 1 aromatic rings. The number of aromatic carboxylic acids is 1. The van der Waals surface area contributed by atoms with Gasteiger partial charge < -0.3 is 20.3 Å². The Kier molecular flexibility index (Phi) is 3.73. The molecule has 2 aliphatic carbocycles. The van der Waals surface area contributed by atoms with Gasteiger partial charge in [0.1, 0.15) is 11.2 Å². The number of ketones is 1. The molecule has 10 heteroatoms. The molecule has 0 unspecified atom stereocenters. The first-order valence-electron chi connectivity index (χ1n) is 8.95. The van der Waals surface area contributed by atoms with Crippen LogP contribution in [0.1, 0.15) is 57.4 Å². The van der Waals surface area contributed by atoms with Crippen LogP contribution >= 0.6 is 0 Å². The van der Waals surface area contributed by atoms with Crippen LogP contribution in [0.3, 0.4) is 0 Å². The molecule has 150 valence electrons. The molecule has 2 saturated carbocycles. The first-order valence-corrected chi connectivity index (χ1v) is 8.95. The number of hydrogen-bond donors (Lipinski definition) is 3. The van der Waals surface area contributed by atoms with E-state index >= 15 is 0 Å². The van der Waals surface area contributed by atoms with E-state index in [1.807, 2.05) is 0 Å². The fourth-order valence-corrected chi connectivity index (χ4v) is 4.68. The van der Waals surface area contributed by atoms with Gasteiger partial charge in [-0.1, -0.05) is 0 Å². The first kappa shape index (κ1) is 18.6. The average molecular weight is 395 g/mol. The zero-order valence-corrected chi connectivity index (χ0v) is 15.3. The SMILES string of the molecule is CNC(=O)C1(NC(=O)C(=O)c2c(C)c(C(=O)O)n3c2C[C@H]2C[C@H]23)CC(F)(F)C1. The van der Waals surface area contributed by atoms with Crippen molar-refractivity contribution < 1.29 is 33.1 Å². The van der Waals surface area contributed by atoms with Crippen molar-refractivity contribution in [3.63, 3.8) is 0 Å². The molecule has 0 saturated heterocycles. The Hall–Kier alpha value is -2.78. The fourth-order valence-electron chi connectivity index (χ4n) is 4.68. The standard InChI is InChI=1S/C18H19F2N3O5/c1-7-11(10-4-8-3-9(8)23(10)12(7)15(26)27)13(24)14(25)22-17(16(28)21-2)5-18(19,20)6-17/h8-9H,3-6H2,1-2H3,(H,21,28)(H,22,25)(H,26,27)/t8-,9-/m1/s1. The van der Waals surface area contributed by atoms with E-state index in [0.29, 0.717) is 12.1 Å². The molecular formula is C18H19F2N3O5. The molecule has 2 fully saturated rings. The number of halogens is 2. The third-order valence-electron chi connectivity index (χ3n) is 5.99. The molecule has 28 heavy (non-hydrogen) atoms. The summed E-state index contributed by atoms with van der Waals surface area (Å²) in [4.78, 5) is 49.1. The number of carboxylic acid groups (broad SMARTS) is 1. The van der Waals surface area contributed by atoms with E-state index in [-0.39, 0.29) is 28.8 Å². The minimum atomic E-state index is -3.10. The van der Waals surface area contributed by atoms with Crippen molar-refractivity contribution in [3.8, 4) is 0 Å². The molecule has 3 N–H and O–H groups in total. The molecule has 0 aromatic carbocycles. The summed E-state index contributed by atoms with van der Waals surface area (Å²) < 4.78 is 28.4. The summed E-state index contributed by atoms with van der Waals surface area (Å²) in [5.41, 5.74) is -1.20. The normalized spacial score (nSPS) is 25.1. The molecular weight excluding hydrogens is 376 g/mol. The van der Waals surface area contributed by atoms with Crippen LogP contribution in [0.4, 0.5) is 8.78 Å². The van der Waals surface area contributed by atoms with E-state index < -0.39 is 47.9 Å². The number of fused-ring (bicyclic) bond motifs is 3. The molecule has 4 rings (SSSR count). The second-order valence-electron chi connectivity index (χ2n) is 7.89. The van der Waals surface area contributed by atoms with Gasteiger partial charge in [0.15, 0.2) is 0 Å². The summed E-state index contributed by atoms with van der Waals surface area (Å²) in [5, 5.41) is 13.9. The minimum Gasteiger partial charge on any atom is -0.477 e. The number of Topliss-reactive ketones (excluding diaryl/α,β-unsaturated/α-hetero) is 1. The number of amides is 2. The second-order valence-corrected chi connectivity index (χ2v) is 7.89. The summed E-state index contributed by atoms with van der Waals surface area (Å²) in [6.45, 7) is 1.46. The van der Waals surface area contributed by atoms with Gasteiger partial charge in [-0.05, 0) is 31.2 Å². The molecule has 2 amide bonds. The van der Waals surface area contributed by atoms with E-state index in [4.69, 9.17) is 0 Å². The number of alkyl halides is 2. The molecule has 8 nitrogen and oxygen atoms in total. The summed E-state index contributed by atoms with van der Waals surface area (Å²) in [6, 6.07) is 0.0203. The number of aromatic nitrogens is 1. The monoisotopic (exact) mass is 395 g/mol. The molecule has 1 aromatic heterocycles. The number of likely N-dealkylation sites (N-methyl/N-ethyl adjacent to an activating group) is 1. The number of carboxylic acids is 1. The van der Waals surface area contributed by atoms with Crippen LogP contribution in [0.25, 0.3) is 0 Å². The maximum absolute atomic E-state index is 13.4. The van der Waals surface area contributed by atoms with Crippen LogP contribution in [0.5, 0.6) is 0 Å². The van der Waals surface area contributed by atoms with Crippen molar-refractivity contribution in [2.75, 3.05) is 7.05 Å². The Labute approximate surface area is 158 Å². The van der Waals surface area contributed by atoms with Gasteiger partial charge in [-0.25, -0.2) is 13.6 Å². The van der Waals surface area contributed by atoms with Crippen molar-refractivity contribution in [2.45, 2.75) is 50.1 Å². The van der Waals surface area contributed by atoms with E-state index in [0.717, 1.165) is 6.42 Å². The molecule has 0 bridgehead atoms. The van der Waals surface area contributed by atoms with Gasteiger partial charge in [-0.15, -0.1) is 0 Å². The Morgan fingerprint density at radius 1 is 1.21 bits per heavy atom. The van der Waals surface area contributed by atoms with Crippen LogP contribution in [0, 0.1) is 12.8 Å². The van der Waals surface area contributed by atoms with Crippen molar-refractivity contribution in [1.29, 1.82) is 0 Å². The Morgan fingerprint density at radius 3 is 2.39 bits per heavy atom. The van der Waals surface area contributed by atoms with Crippen LogP contribution in [0.2, 0.25) is 0 Å². The molecule has 0 spiro atoms. The highest BCUT2D eigenvalue weighted by Gasteiger charge is 2.62. The second kappa shape index (κ2) is 5.62. The van der Waals surface area contributed by atoms with Gasteiger partial charge in [0, 0.05) is 31.6 Å². The number of carbonyl (C=O) groups is 4. The van der Waals surface area contributed by atoms with Crippen LogP contribution < -0.4 is 10.6 Å². The van der Waals surface area contributed by atoms with E-state index in [1.165, 1.54) is 14.0 Å². The lowest BCUT2D eigenvalue weighted by Crippen LogP contribution is -2.69. The summed E-state index contributed by atoms with van der Waals surface area (Å²) in [6.07, 6.45) is -0.464. The smallest absolute Gasteiger partial charge is 0.352 e. The highest BCUT2D eigenvalue weighted by atomic mass is 19.3. The molecule has 3 aliphatic rings. The topological polar surface area (TPSA) is 118 Å². The number of rotatable bonds is 5. The van der Waals surface area contributed by atoms with Gasteiger partial charge in [-0.2, -0.15) is 0 Å². The quantitative estimate of drug-likeness (QED) is 0.504. The number of carbonyl (C=O) groups excluding carboxylic acids is 3. The van der Waals surface area contributed by atoms with Crippen molar-refractivity contribution in [1.82, 2.24) is 15.2 Å². The first-order chi connectivity index (χ1) is 13.0. The Balaban J connectivity index is 1.65. The molecule has 2 atom stereocenters. The number of nitrogens with one attached hydrogen (secondary N) is 2. The Morgan fingerprint density at radius 2 is 1.86 bits per heavy atom. The van der Waals surface area contributed by atoms with Gasteiger partial charge in [0.2, 0.25) is 5.91 Å². The number of hydrogen-bond acceptors (Lipinski definition) is 4. The maximum atomic E-state index is 13.4. The van der Waals surface area contributed by atoms with Gasteiger partial charge >= 0.3 is 5.97 Å². The molecule has 1 aliphatic heterocycles. The lowest BCUT2D eigenvalue weighted by atomic mass is 9.72. The van der Waals surface area contributed by atoms with Gasteiger partial charge in [-0.3, -0.25) is 14.4 Å². The highest BCUT2D eigenvalue weighted by Crippen LogP contribution is 2.54. The summed E-state index contributed by atoms with van der Waals surface area (Å²) in [7, 11) is 1.25. The zero-order valence-electron chi connectivity index (χ0n) is 15.3. The van der Waals surface area contributed by atoms with E-state index in [2.05, 4.69) is 10.6 Å². The predicted molar refractivity (Wildman–Crippen MR) is 90.4 cm³/mol. The van der Waals surface area contributed by atoms with Crippen LogP contribution in [-0.4, -0.2) is 51.7 Å². The zero-order chi connectivity index (χ0) is 20.6. The minimum absolute atomic E-state index is 0.000223. The van der Waals surface area contributed by atoms with Crippen molar-refractivity contribution in [3.05, 3.63) is 22.5 Å². The van der Waals surface area contributed by atoms with Crippen LogP contribution in [-0.2, 0) is 16.0 Å². The van der Waals surface area contributed by atoms with Crippen molar-refractivity contribution >= 4 is 23.6 Å². The third kappa shape index (κ3) is 2.46. The predicted octanol–water partition coefficient (Wildman–Crippen LogP) is 0.825. The summed E-state index contributed by atoms with van der Waals surface area (Å²) in [5.74, 6) is -7.03. The summed E-state index contributed by atoms with van der Waals surface area (Å²) >= 11 is 0. The van der Waals surface area contributed by atoms with Crippen LogP contribution in [0.15, 0.2) is 0 Å². The number of nitrogens with zero attached hydrogens (tertiary/aromatic N) is 1. The lowest BCUT2D eigenvalue weighted by molar-refractivity contribution is -0.164. The van der Waals surface area contributed by atoms with Crippen molar-refractivity contribution in [2.24, 2.45) is 5.92 Å². The van der Waals surface area contributed by atoms with E-state index in [1.54, 1.807) is 4.57 Å². The van der Waals surface area contributed by atoms with E-state index in [9.17, 15) is 33.1 Å². The largest absolute Gasteiger partial charge is 0.477 e. The molecule has 0 radical (unpaired) electrons. The van der Waals surface area contributed by atoms with Gasteiger partial charge in [0.25, 0.3) is 17.6 Å². The van der Waals surface area contributed by atoms with Gasteiger partial charge in [0.05, 0.1) is 5.56 Å². The Bertz CT molecular complexity index is 944. The maximum Gasteiger partial charge on any atom is 0.352 e. The third-order valence-corrected chi connectivity index (χ3v) is 5.99.